The molecule has 0 unspecified atom stereocenters. The quantitative estimate of drug-likeness (QED) is 0.915. The van der Waals surface area contributed by atoms with E-state index in [0.29, 0.717) is 6.04 Å². The van der Waals surface area contributed by atoms with E-state index in [1.165, 1.54) is 37.7 Å². The monoisotopic (exact) mass is 284 g/mol. The van der Waals surface area contributed by atoms with Crippen LogP contribution in [0.4, 0.5) is 0 Å². The normalized spacial score (nSPS) is 16.2. The Hall–Kier alpha value is -1.68. The first-order valence-electron chi connectivity index (χ1n) is 7.98. The number of hydrogen-bond acceptors (Lipinski definition) is 3. The lowest BCUT2D eigenvalue weighted by molar-refractivity contribution is 0.327. The van der Waals surface area contributed by atoms with Crippen LogP contribution in [0, 0.1) is 6.92 Å². The third-order valence-corrected chi connectivity index (χ3v) is 4.33. The molecular formula is C17H24N4. The van der Waals surface area contributed by atoms with Crippen molar-refractivity contribution >= 4 is 0 Å². The fourth-order valence-electron chi connectivity index (χ4n) is 3.03. The van der Waals surface area contributed by atoms with Crippen molar-refractivity contribution in [2.75, 3.05) is 0 Å². The molecule has 2 heterocycles. The largest absolute Gasteiger partial charge is 0.305 e. The lowest BCUT2D eigenvalue weighted by Crippen LogP contribution is -2.16. The first-order valence-corrected chi connectivity index (χ1v) is 7.98. The van der Waals surface area contributed by atoms with Crippen molar-refractivity contribution in [1.29, 1.82) is 0 Å². The minimum atomic E-state index is 0.616. The summed E-state index contributed by atoms with van der Waals surface area (Å²) < 4.78 is 2.17. The summed E-state index contributed by atoms with van der Waals surface area (Å²) in [6.45, 7) is 3.69. The smallest absolute Gasteiger partial charge is 0.0762 e. The average Bonchev–Trinajstić information content (AvgIpc) is 2.99. The van der Waals surface area contributed by atoms with Crippen LogP contribution >= 0.6 is 0 Å². The van der Waals surface area contributed by atoms with Gasteiger partial charge in [-0.3, -0.25) is 9.67 Å². The molecule has 1 aliphatic carbocycles. The maximum Gasteiger partial charge on any atom is 0.0762 e. The molecule has 0 aromatic carbocycles. The van der Waals surface area contributed by atoms with E-state index in [-0.39, 0.29) is 0 Å². The molecule has 21 heavy (non-hydrogen) atoms. The topological polar surface area (TPSA) is 42.7 Å². The second kappa shape index (κ2) is 6.85. The zero-order valence-corrected chi connectivity index (χ0v) is 12.8. The molecule has 1 N–H and O–H groups in total. The van der Waals surface area contributed by atoms with Gasteiger partial charge >= 0.3 is 0 Å². The van der Waals surface area contributed by atoms with Crippen LogP contribution in [0.2, 0.25) is 0 Å². The molecule has 112 valence electrons. The molecule has 2 aromatic heterocycles. The van der Waals surface area contributed by atoms with Crippen molar-refractivity contribution in [2.24, 2.45) is 0 Å². The van der Waals surface area contributed by atoms with Gasteiger partial charge in [0.2, 0.25) is 0 Å². The molecular weight excluding hydrogens is 260 g/mol. The molecule has 0 amide bonds. The van der Waals surface area contributed by atoms with E-state index in [9.17, 15) is 0 Å². The third-order valence-electron chi connectivity index (χ3n) is 4.33. The molecule has 2 aromatic rings. The highest BCUT2D eigenvalue weighted by atomic mass is 15.3. The number of hydrogen-bond donors (Lipinski definition) is 1. The maximum absolute atomic E-state index is 4.72. The summed E-state index contributed by atoms with van der Waals surface area (Å²) in [5.41, 5.74) is 3.47. The summed E-state index contributed by atoms with van der Waals surface area (Å²) in [5.74, 6) is 0. The predicted octanol–water partition coefficient (Wildman–Crippen LogP) is 3.38. The van der Waals surface area contributed by atoms with Gasteiger partial charge in [0, 0.05) is 25.5 Å². The molecule has 4 nitrogen and oxygen atoms in total. The molecule has 1 fully saturated rings. The number of pyridine rings is 1. The van der Waals surface area contributed by atoms with Gasteiger partial charge in [-0.1, -0.05) is 25.3 Å². The van der Waals surface area contributed by atoms with E-state index in [1.807, 2.05) is 12.3 Å². The minimum Gasteiger partial charge on any atom is -0.305 e. The van der Waals surface area contributed by atoms with E-state index in [1.54, 1.807) is 0 Å². The van der Waals surface area contributed by atoms with Crippen LogP contribution in [0.15, 0.2) is 30.6 Å². The summed E-state index contributed by atoms with van der Waals surface area (Å²) in [6, 6.07) is 6.82. The Morgan fingerprint density at radius 1 is 1.19 bits per heavy atom. The fourth-order valence-corrected chi connectivity index (χ4v) is 3.03. The van der Waals surface area contributed by atoms with Crippen LogP contribution in [-0.2, 0) is 13.1 Å². The Labute approximate surface area is 126 Å². The van der Waals surface area contributed by atoms with Crippen molar-refractivity contribution in [3.8, 4) is 0 Å². The molecule has 0 spiro atoms. The molecule has 0 aliphatic heterocycles. The van der Waals surface area contributed by atoms with E-state index in [2.05, 4.69) is 40.2 Å². The second-order valence-electron chi connectivity index (χ2n) is 5.95. The van der Waals surface area contributed by atoms with Gasteiger partial charge in [0.05, 0.1) is 17.4 Å². The summed E-state index contributed by atoms with van der Waals surface area (Å²) in [6.07, 6.45) is 10.6. The Bertz CT molecular complexity index is 570. The Morgan fingerprint density at radius 3 is 2.86 bits per heavy atom. The number of aryl methyl sites for hydroxylation is 1. The summed E-state index contributed by atoms with van der Waals surface area (Å²) in [5, 5.41) is 8.16. The van der Waals surface area contributed by atoms with Gasteiger partial charge in [0.25, 0.3) is 0 Å². The maximum atomic E-state index is 4.72. The zero-order chi connectivity index (χ0) is 14.5. The first kappa shape index (κ1) is 14.3. The van der Waals surface area contributed by atoms with Crippen molar-refractivity contribution in [1.82, 2.24) is 20.1 Å². The van der Waals surface area contributed by atoms with Gasteiger partial charge in [-0.05, 0) is 37.5 Å². The Kier molecular flexibility index (Phi) is 4.65. The van der Waals surface area contributed by atoms with Crippen LogP contribution in [0.25, 0.3) is 0 Å². The van der Waals surface area contributed by atoms with Crippen molar-refractivity contribution in [3.05, 3.63) is 47.5 Å². The number of nitrogens with one attached hydrogen (secondary N) is 1. The average molecular weight is 284 g/mol. The van der Waals surface area contributed by atoms with Gasteiger partial charge in [-0.2, -0.15) is 5.10 Å². The van der Waals surface area contributed by atoms with Crippen molar-refractivity contribution < 1.29 is 0 Å². The van der Waals surface area contributed by atoms with Crippen LogP contribution in [-0.4, -0.2) is 14.8 Å². The highest BCUT2D eigenvalue weighted by molar-refractivity contribution is 5.17. The van der Waals surface area contributed by atoms with E-state index in [4.69, 9.17) is 5.10 Å². The van der Waals surface area contributed by atoms with Crippen LogP contribution < -0.4 is 5.32 Å². The van der Waals surface area contributed by atoms with Crippen molar-refractivity contribution in [3.63, 3.8) is 0 Å². The van der Waals surface area contributed by atoms with Crippen LogP contribution in [0.5, 0.6) is 0 Å². The number of nitrogens with zero attached hydrogens (tertiary/aromatic N) is 3. The highest BCUT2D eigenvalue weighted by Gasteiger charge is 2.15. The van der Waals surface area contributed by atoms with E-state index < -0.39 is 0 Å². The molecule has 4 heteroatoms. The summed E-state index contributed by atoms with van der Waals surface area (Å²) >= 11 is 0. The zero-order valence-electron chi connectivity index (χ0n) is 12.8. The van der Waals surface area contributed by atoms with Gasteiger partial charge in [-0.25, -0.2) is 0 Å². The molecule has 1 aliphatic rings. The lowest BCUT2D eigenvalue weighted by Gasteiger charge is -2.21. The van der Waals surface area contributed by atoms with E-state index >= 15 is 0 Å². The lowest BCUT2D eigenvalue weighted by atomic mass is 9.96. The molecule has 1 saturated carbocycles. The molecule has 0 radical (unpaired) electrons. The first-order chi connectivity index (χ1) is 10.3. The number of aromatic nitrogens is 3. The van der Waals surface area contributed by atoms with Crippen LogP contribution in [0.1, 0.15) is 55.1 Å². The highest BCUT2D eigenvalue weighted by Crippen LogP contribution is 2.27. The van der Waals surface area contributed by atoms with E-state index in [0.717, 1.165) is 24.5 Å². The van der Waals surface area contributed by atoms with Gasteiger partial charge in [0.15, 0.2) is 0 Å². The standard InChI is InChI=1S/C17H24N4/c1-14-6-5-10-19-17(14)13-18-12-15-9-11-21(20-15)16-7-3-2-4-8-16/h5-6,9-11,16,18H,2-4,7-8,12-13H2,1H3. The molecule has 0 atom stereocenters. The molecule has 0 saturated heterocycles. The number of rotatable bonds is 5. The Balaban J connectivity index is 1.52. The summed E-state index contributed by atoms with van der Waals surface area (Å²) in [7, 11) is 0. The SMILES string of the molecule is Cc1cccnc1CNCc1ccn(C2CCCCC2)n1. The fraction of sp³-hybridized carbons (Fsp3) is 0.529. The van der Waals surface area contributed by atoms with Crippen LogP contribution in [0.3, 0.4) is 0 Å². The molecule has 0 bridgehead atoms. The minimum absolute atomic E-state index is 0.616. The van der Waals surface area contributed by atoms with Crippen molar-refractivity contribution in [2.45, 2.75) is 58.2 Å². The third kappa shape index (κ3) is 3.70. The van der Waals surface area contributed by atoms with Gasteiger partial charge in [0.1, 0.15) is 0 Å². The van der Waals surface area contributed by atoms with Gasteiger partial charge in [-0.15, -0.1) is 0 Å². The van der Waals surface area contributed by atoms with Gasteiger partial charge < -0.3 is 5.32 Å². The summed E-state index contributed by atoms with van der Waals surface area (Å²) in [4.78, 5) is 4.40. The second-order valence-corrected chi connectivity index (χ2v) is 5.95. The molecule has 3 rings (SSSR count). The Morgan fingerprint density at radius 2 is 2.05 bits per heavy atom. The predicted molar refractivity (Wildman–Crippen MR) is 83.9 cm³/mol.